The van der Waals surface area contributed by atoms with Crippen molar-refractivity contribution in [1.82, 2.24) is 9.97 Å². The number of alkyl halides is 3. The Morgan fingerprint density at radius 1 is 1.47 bits per heavy atom. The Morgan fingerprint density at radius 3 is 2.63 bits per heavy atom. The monoisotopic (exact) mass is 274 g/mol. The smallest absolute Gasteiger partial charge is 0.356 e. The molecule has 0 aliphatic carbocycles. The second-order valence-corrected chi connectivity index (χ2v) is 3.56. The summed E-state index contributed by atoms with van der Waals surface area (Å²) in [5, 5.41) is 8.52. The maximum atomic E-state index is 12.7. The van der Waals surface area contributed by atoms with Gasteiger partial charge in [-0.3, -0.25) is 5.43 Å². The van der Waals surface area contributed by atoms with Crippen LogP contribution in [-0.4, -0.2) is 23.1 Å². The van der Waals surface area contributed by atoms with Gasteiger partial charge in [-0.15, -0.1) is 0 Å². The first kappa shape index (κ1) is 15.0. The van der Waals surface area contributed by atoms with Crippen LogP contribution in [0.5, 0.6) is 0 Å². The Morgan fingerprint density at radius 2 is 2.16 bits per heavy atom. The van der Waals surface area contributed by atoms with E-state index in [1.54, 1.807) is 11.8 Å². The fraction of sp³-hybridized carbons (Fsp3) is 0.500. The molecule has 19 heavy (non-hydrogen) atoms. The van der Waals surface area contributed by atoms with Crippen LogP contribution in [0.15, 0.2) is 6.07 Å². The van der Waals surface area contributed by atoms with Gasteiger partial charge >= 0.3 is 6.18 Å². The predicted molar refractivity (Wildman–Crippen MR) is 63.0 cm³/mol. The van der Waals surface area contributed by atoms with Crippen LogP contribution in [0.25, 0.3) is 0 Å². The summed E-state index contributed by atoms with van der Waals surface area (Å²) in [7, 11) is 0. The highest BCUT2D eigenvalue weighted by Gasteiger charge is 2.34. The van der Waals surface area contributed by atoms with Crippen LogP contribution in [0.4, 0.5) is 24.9 Å². The topological polar surface area (TPSA) is 90.9 Å². The van der Waals surface area contributed by atoms with Gasteiger partial charge in [0.05, 0.1) is 12.5 Å². The zero-order valence-electron chi connectivity index (χ0n) is 10.2. The zero-order chi connectivity index (χ0) is 14.5. The molecule has 0 spiro atoms. The Hall–Kier alpha value is -2.08. The van der Waals surface area contributed by atoms with E-state index in [1.807, 2.05) is 11.5 Å². The molecule has 104 valence electrons. The maximum absolute atomic E-state index is 12.7. The summed E-state index contributed by atoms with van der Waals surface area (Å²) < 4.78 is 38.0. The first-order valence-electron chi connectivity index (χ1n) is 5.47. The van der Waals surface area contributed by atoms with Crippen molar-refractivity contribution in [3.63, 3.8) is 0 Å². The first-order valence-corrected chi connectivity index (χ1v) is 5.47. The number of rotatable bonds is 5. The maximum Gasteiger partial charge on any atom is 0.433 e. The summed E-state index contributed by atoms with van der Waals surface area (Å²) in [6, 6.07) is 2.76. The molecule has 3 N–H and O–H groups in total. The molecule has 6 nitrogen and oxygen atoms in total. The molecule has 0 aromatic carbocycles. The van der Waals surface area contributed by atoms with Crippen molar-refractivity contribution in [3.05, 3.63) is 11.8 Å². The van der Waals surface area contributed by atoms with E-state index in [0.717, 1.165) is 6.07 Å². The summed E-state index contributed by atoms with van der Waals surface area (Å²) in [4.78, 5) is 8.66. The fourth-order valence-electron chi connectivity index (χ4n) is 1.43. The van der Waals surface area contributed by atoms with Gasteiger partial charge < -0.3 is 4.90 Å². The van der Waals surface area contributed by atoms with E-state index in [9.17, 15) is 13.2 Å². The number of hydrogen-bond acceptors (Lipinski definition) is 6. The number of nitrogens with two attached hydrogens (primary N) is 1. The lowest BCUT2D eigenvalue weighted by Crippen LogP contribution is -2.26. The van der Waals surface area contributed by atoms with Gasteiger partial charge in [-0.05, 0) is 6.92 Å². The molecule has 0 bridgehead atoms. The number of hydrazine groups is 1. The van der Waals surface area contributed by atoms with Gasteiger partial charge in [0.2, 0.25) is 5.95 Å². The molecular weight excluding hydrogens is 261 g/mol. The van der Waals surface area contributed by atoms with E-state index in [2.05, 4.69) is 9.97 Å². The predicted octanol–water partition coefficient (Wildman–Crippen LogP) is 1.52. The van der Waals surface area contributed by atoms with Crippen LogP contribution < -0.4 is 16.2 Å². The van der Waals surface area contributed by atoms with Crippen molar-refractivity contribution in [3.8, 4) is 6.07 Å². The molecule has 0 aliphatic rings. The zero-order valence-corrected chi connectivity index (χ0v) is 10.2. The first-order chi connectivity index (χ1) is 8.92. The van der Waals surface area contributed by atoms with Gasteiger partial charge in [-0.2, -0.15) is 23.4 Å². The van der Waals surface area contributed by atoms with Crippen LogP contribution in [0.1, 0.15) is 19.0 Å². The quantitative estimate of drug-likeness (QED) is 0.625. The minimum atomic E-state index is -4.59. The van der Waals surface area contributed by atoms with Crippen molar-refractivity contribution in [1.29, 1.82) is 5.26 Å². The van der Waals surface area contributed by atoms with Crippen LogP contribution in [0, 0.1) is 11.3 Å². The minimum Gasteiger partial charge on any atom is -0.356 e. The molecule has 0 amide bonds. The molecule has 0 fully saturated rings. The third-order valence-electron chi connectivity index (χ3n) is 2.33. The lowest BCUT2D eigenvalue weighted by molar-refractivity contribution is -0.141. The van der Waals surface area contributed by atoms with Crippen LogP contribution >= 0.6 is 0 Å². The number of nitrogens with one attached hydrogen (secondary N) is 1. The van der Waals surface area contributed by atoms with E-state index >= 15 is 0 Å². The van der Waals surface area contributed by atoms with Crippen LogP contribution in [0.3, 0.4) is 0 Å². The van der Waals surface area contributed by atoms with Gasteiger partial charge in [0.15, 0.2) is 5.69 Å². The van der Waals surface area contributed by atoms with Gasteiger partial charge in [0.25, 0.3) is 0 Å². The SMILES string of the molecule is CCN(CCC#N)c1cc(C(F)(F)F)nc(NN)n1. The Bertz CT molecular complexity index is 467. The minimum absolute atomic E-state index is 0.0769. The number of nitrogens with zero attached hydrogens (tertiary/aromatic N) is 4. The van der Waals surface area contributed by atoms with Crippen LogP contribution in [0.2, 0.25) is 0 Å². The van der Waals surface area contributed by atoms with Crippen molar-refractivity contribution in [2.24, 2.45) is 5.84 Å². The summed E-state index contributed by atoms with van der Waals surface area (Å²) in [6.45, 7) is 2.45. The molecule has 1 aromatic rings. The van der Waals surface area contributed by atoms with Gasteiger partial charge in [0, 0.05) is 19.2 Å². The van der Waals surface area contributed by atoms with Gasteiger partial charge in [0.1, 0.15) is 5.82 Å². The molecule has 1 aromatic heterocycles. The molecule has 0 radical (unpaired) electrons. The summed E-state index contributed by atoms with van der Waals surface area (Å²) in [5.74, 6) is 4.82. The summed E-state index contributed by atoms with van der Waals surface area (Å²) >= 11 is 0. The van der Waals surface area contributed by atoms with Crippen molar-refractivity contribution in [2.45, 2.75) is 19.5 Å². The normalized spacial score (nSPS) is 10.9. The van der Waals surface area contributed by atoms with E-state index in [4.69, 9.17) is 11.1 Å². The highest BCUT2D eigenvalue weighted by atomic mass is 19.4. The lowest BCUT2D eigenvalue weighted by Gasteiger charge is -2.21. The number of hydrogen-bond donors (Lipinski definition) is 2. The van der Waals surface area contributed by atoms with E-state index in [1.165, 1.54) is 0 Å². The van der Waals surface area contributed by atoms with Gasteiger partial charge in [-0.1, -0.05) is 0 Å². The molecule has 1 heterocycles. The standard InChI is InChI=1S/C10H13F3N6/c1-2-19(5-3-4-14)8-6-7(10(11,12)13)16-9(17-8)18-15/h6H,2-3,5,15H2,1H3,(H,16,17,18). The van der Waals surface area contributed by atoms with Crippen molar-refractivity contribution < 1.29 is 13.2 Å². The van der Waals surface area contributed by atoms with E-state index in [0.29, 0.717) is 6.54 Å². The third-order valence-corrected chi connectivity index (χ3v) is 2.33. The molecule has 0 saturated heterocycles. The molecule has 0 saturated carbocycles. The molecule has 0 unspecified atom stereocenters. The van der Waals surface area contributed by atoms with E-state index < -0.39 is 11.9 Å². The van der Waals surface area contributed by atoms with Crippen molar-refractivity contribution >= 4 is 11.8 Å². The fourth-order valence-corrected chi connectivity index (χ4v) is 1.43. The largest absolute Gasteiger partial charge is 0.433 e. The van der Waals surface area contributed by atoms with E-state index in [-0.39, 0.29) is 24.7 Å². The second kappa shape index (κ2) is 6.19. The summed E-state index contributed by atoms with van der Waals surface area (Å²) in [6.07, 6.45) is -4.40. The Labute approximate surface area is 108 Å². The Kier molecular flexibility index (Phi) is 4.88. The highest BCUT2D eigenvalue weighted by molar-refractivity contribution is 5.45. The number of aromatic nitrogens is 2. The number of nitriles is 1. The second-order valence-electron chi connectivity index (χ2n) is 3.56. The number of nitrogen functional groups attached to an aromatic ring is 1. The number of halogens is 3. The Balaban J connectivity index is 3.15. The third kappa shape index (κ3) is 3.96. The van der Waals surface area contributed by atoms with Gasteiger partial charge in [-0.25, -0.2) is 10.8 Å². The number of anilines is 2. The lowest BCUT2D eigenvalue weighted by atomic mass is 10.3. The van der Waals surface area contributed by atoms with Crippen molar-refractivity contribution in [2.75, 3.05) is 23.4 Å². The molecule has 9 heteroatoms. The molecular formula is C10H13F3N6. The average Bonchev–Trinajstić information content (AvgIpc) is 2.38. The average molecular weight is 274 g/mol. The molecule has 0 aliphatic heterocycles. The molecule has 0 atom stereocenters. The molecule has 1 rings (SSSR count). The highest BCUT2D eigenvalue weighted by Crippen LogP contribution is 2.30. The summed E-state index contributed by atoms with van der Waals surface area (Å²) in [5.41, 5.74) is 0.918. The van der Waals surface area contributed by atoms with Crippen LogP contribution in [-0.2, 0) is 6.18 Å².